The zero-order valence-electron chi connectivity index (χ0n) is 9.64. The summed E-state index contributed by atoms with van der Waals surface area (Å²) in [4.78, 5) is 0. The lowest BCUT2D eigenvalue weighted by atomic mass is 10.0. The van der Waals surface area contributed by atoms with Crippen molar-refractivity contribution in [3.63, 3.8) is 0 Å². The molecule has 0 bridgehead atoms. The van der Waals surface area contributed by atoms with E-state index in [-0.39, 0.29) is 12.1 Å². The molecule has 1 saturated heterocycles. The first kappa shape index (κ1) is 11.0. The summed E-state index contributed by atoms with van der Waals surface area (Å²) in [5.41, 5.74) is 1.17. The normalized spacial score (nSPS) is 26.5. The Hall–Kier alpha value is -1.48. The van der Waals surface area contributed by atoms with Crippen molar-refractivity contribution in [1.82, 2.24) is 5.32 Å². The molecule has 1 N–H and O–H groups in total. The molecular weight excluding hydrogens is 202 g/mol. The molecule has 0 aliphatic carbocycles. The van der Waals surface area contributed by atoms with Crippen molar-refractivity contribution < 1.29 is 9.47 Å². The minimum absolute atomic E-state index is 0.0346. The summed E-state index contributed by atoms with van der Waals surface area (Å²) in [6, 6.07) is 10.4. The highest BCUT2D eigenvalue weighted by molar-refractivity contribution is 5.22. The number of hydrogen-bond donors (Lipinski definition) is 1. The molecule has 3 heteroatoms. The van der Waals surface area contributed by atoms with Crippen LogP contribution in [0.25, 0.3) is 0 Å². The van der Waals surface area contributed by atoms with E-state index in [1.54, 1.807) is 7.11 Å². The van der Waals surface area contributed by atoms with Crippen molar-refractivity contribution in [1.29, 1.82) is 0 Å². The standard InChI is InChI=1S/C13H17NO2/c1-3-12-14-11(9-15-2)13(16-12)10-7-5-4-6-8-10/h3-8,11,13-14H,9H2,1-2H3/b12-3-/t11-,13-/m0/s1. The van der Waals surface area contributed by atoms with Crippen LogP contribution in [0.1, 0.15) is 18.6 Å². The number of allylic oxidation sites excluding steroid dienone is 1. The molecular formula is C13H17NO2. The fourth-order valence-corrected chi connectivity index (χ4v) is 1.91. The van der Waals surface area contributed by atoms with Gasteiger partial charge in [-0.25, -0.2) is 0 Å². The number of methoxy groups -OCH3 is 1. The van der Waals surface area contributed by atoms with Gasteiger partial charge in [-0.1, -0.05) is 30.3 Å². The molecule has 1 aliphatic rings. The summed E-state index contributed by atoms with van der Waals surface area (Å²) in [5.74, 6) is 0.830. The first-order valence-electron chi connectivity index (χ1n) is 5.48. The summed E-state index contributed by atoms with van der Waals surface area (Å²) >= 11 is 0. The second-order valence-corrected chi connectivity index (χ2v) is 3.81. The molecule has 2 atom stereocenters. The number of rotatable bonds is 3. The van der Waals surface area contributed by atoms with Gasteiger partial charge in [-0.2, -0.15) is 0 Å². The molecule has 0 saturated carbocycles. The summed E-state index contributed by atoms with van der Waals surface area (Å²) in [7, 11) is 1.71. The van der Waals surface area contributed by atoms with E-state index in [1.807, 2.05) is 31.2 Å². The molecule has 3 nitrogen and oxygen atoms in total. The topological polar surface area (TPSA) is 30.5 Å². The third-order valence-electron chi connectivity index (χ3n) is 2.68. The van der Waals surface area contributed by atoms with Crippen LogP contribution in [0, 0.1) is 0 Å². The minimum atomic E-state index is 0.0346. The van der Waals surface area contributed by atoms with Gasteiger partial charge >= 0.3 is 0 Å². The average Bonchev–Trinajstić information content (AvgIpc) is 2.74. The summed E-state index contributed by atoms with van der Waals surface area (Å²) in [5, 5.41) is 3.30. The number of hydrogen-bond acceptors (Lipinski definition) is 3. The lowest BCUT2D eigenvalue weighted by Crippen LogP contribution is -2.30. The second kappa shape index (κ2) is 5.03. The van der Waals surface area contributed by atoms with E-state index in [0.717, 1.165) is 5.88 Å². The maximum atomic E-state index is 5.83. The molecule has 1 aromatic rings. The molecule has 16 heavy (non-hydrogen) atoms. The van der Waals surface area contributed by atoms with Crippen molar-refractivity contribution in [2.75, 3.05) is 13.7 Å². The highest BCUT2D eigenvalue weighted by atomic mass is 16.5. The Kier molecular flexibility index (Phi) is 3.47. The van der Waals surface area contributed by atoms with Gasteiger partial charge in [0.2, 0.25) is 0 Å². The second-order valence-electron chi connectivity index (χ2n) is 3.81. The molecule has 0 spiro atoms. The lowest BCUT2D eigenvalue weighted by molar-refractivity contribution is 0.107. The lowest BCUT2D eigenvalue weighted by Gasteiger charge is -2.16. The van der Waals surface area contributed by atoms with Crippen LogP contribution in [-0.2, 0) is 9.47 Å². The highest BCUT2D eigenvalue weighted by Crippen LogP contribution is 2.29. The van der Waals surface area contributed by atoms with Crippen molar-refractivity contribution in [3.05, 3.63) is 47.9 Å². The zero-order chi connectivity index (χ0) is 11.4. The summed E-state index contributed by atoms with van der Waals surface area (Å²) < 4.78 is 11.0. The minimum Gasteiger partial charge on any atom is -0.469 e. The van der Waals surface area contributed by atoms with Gasteiger partial charge in [-0.05, 0) is 18.6 Å². The first-order valence-corrected chi connectivity index (χ1v) is 5.48. The predicted molar refractivity (Wildman–Crippen MR) is 62.8 cm³/mol. The third-order valence-corrected chi connectivity index (χ3v) is 2.68. The Morgan fingerprint density at radius 1 is 1.38 bits per heavy atom. The van der Waals surface area contributed by atoms with Crippen LogP contribution < -0.4 is 5.32 Å². The van der Waals surface area contributed by atoms with Crippen LogP contribution in [0.4, 0.5) is 0 Å². The van der Waals surface area contributed by atoms with Crippen LogP contribution in [0.15, 0.2) is 42.3 Å². The monoisotopic (exact) mass is 219 g/mol. The zero-order valence-corrected chi connectivity index (χ0v) is 9.64. The molecule has 1 aliphatic heterocycles. The van der Waals surface area contributed by atoms with Crippen LogP contribution in [0.3, 0.4) is 0 Å². The molecule has 1 heterocycles. The van der Waals surface area contributed by atoms with Gasteiger partial charge in [0, 0.05) is 7.11 Å². The smallest absolute Gasteiger partial charge is 0.183 e. The van der Waals surface area contributed by atoms with Crippen molar-refractivity contribution in [3.8, 4) is 0 Å². The maximum absolute atomic E-state index is 5.83. The van der Waals surface area contributed by atoms with E-state index in [4.69, 9.17) is 9.47 Å². The summed E-state index contributed by atoms with van der Waals surface area (Å²) in [6.07, 6.45) is 1.97. The Balaban J connectivity index is 2.18. The molecule has 86 valence electrons. The number of benzene rings is 1. The Morgan fingerprint density at radius 2 is 2.12 bits per heavy atom. The quantitative estimate of drug-likeness (QED) is 0.845. The van der Waals surface area contributed by atoms with Crippen molar-refractivity contribution in [2.45, 2.75) is 19.1 Å². The number of nitrogens with one attached hydrogen (secondary N) is 1. The van der Waals surface area contributed by atoms with Crippen LogP contribution in [0.5, 0.6) is 0 Å². The third kappa shape index (κ3) is 2.19. The van der Waals surface area contributed by atoms with Crippen molar-refractivity contribution >= 4 is 0 Å². The van der Waals surface area contributed by atoms with Gasteiger partial charge in [0.1, 0.15) is 6.10 Å². The van der Waals surface area contributed by atoms with E-state index in [9.17, 15) is 0 Å². The molecule has 0 aromatic heterocycles. The molecule has 0 radical (unpaired) electrons. The van der Waals surface area contributed by atoms with E-state index < -0.39 is 0 Å². The van der Waals surface area contributed by atoms with Crippen molar-refractivity contribution in [2.24, 2.45) is 0 Å². The molecule has 1 aromatic carbocycles. The Labute approximate surface area is 96.1 Å². The number of ether oxygens (including phenoxy) is 2. The van der Waals surface area contributed by atoms with Gasteiger partial charge < -0.3 is 14.8 Å². The summed E-state index contributed by atoms with van der Waals surface area (Å²) in [6.45, 7) is 2.59. The Bertz CT molecular complexity index is 361. The van der Waals surface area contributed by atoms with Gasteiger partial charge in [0.25, 0.3) is 0 Å². The van der Waals surface area contributed by atoms with Gasteiger partial charge in [-0.3, -0.25) is 0 Å². The van der Waals surface area contributed by atoms with E-state index in [1.165, 1.54) is 5.56 Å². The Morgan fingerprint density at radius 3 is 2.75 bits per heavy atom. The van der Waals surface area contributed by atoms with Gasteiger partial charge in [0.15, 0.2) is 5.88 Å². The molecule has 2 rings (SSSR count). The average molecular weight is 219 g/mol. The highest BCUT2D eigenvalue weighted by Gasteiger charge is 2.32. The SMILES string of the molecule is C/C=C1/N[C@@H](COC)[C@H](c2ccccc2)O1. The van der Waals surface area contributed by atoms with Crippen LogP contribution in [0.2, 0.25) is 0 Å². The van der Waals surface area contributed by atoms with Crippen LogP contribution >= 0.6 is 0 Å². The molecule has 0 unspecified atom stereocenters. The maximum Gasteiger partial charge on any atom is 0.183 e. The van der Waals surface area contributed by atoms with E-state index in [0.29, 0.717) is 6.61 Å². The van der Waals surface area contributed by atoms with Crippen LogP contribution in [-0.4, -0.2) is 19.8 Å². The fraction of sp³-hybridized carbons (Fsp3) is 0.385. The molecule has 0 amide bonds. The van der Waals surface area contributed by atoms with Gasteiger partial charge in [-0.15, -0.1) is 0 Å². The predicted octanol–water partition coefficient (Wildman–Crippen LogP) is 2.22. The fourth-order valence-electron chi connectivity index (χ4n) is 1.91. The van der Waals surface area contributed by atoms with E-state index >= 15 is 0 Å². The largest absolute Gasteiger partial charge is 0.469 e. The van der Waals surface area contributed by atoms with E-state index in [2.05, 4.69) is 17.4 Å². The molecule has 1 fully saturated rings. The first-order chi connectivity index (χ1) is 7.85. The van der Waals surface area contributed by atoms with Gasteiger partial charge in [0.05, 0.1) is 12.6 Å².